The van der Waals surface area contributed by atoms with Gasteiger partial charge in [0, 0.05) is 0 Å². The summed E-state index contributed by atoms with van der Waals surface area (Å²) >= 11 is 6.11. The average molecular weight is 368 g/mol. The topological polar surface area (TPSA) is 46.6 Å². The van der Waals surface area contributed by atoms with Crippen molar-refractivity contribution in [3.05, 3.63) is 53.6 Å². The zero-order valence-corrected chi connectivity index (χ0v) is 14.9. The summed E-state index contributed by atoms with van der Waals surface area (Å²) in [5.41, 5.74) is 0.625. The molecule has 2 amide bonds. The van der Waals surface area contributed by atoms with Gasteiger partial charge in [0.15, 0.2) is 0 Å². The summed E-state index contributed by atoms with van der Waals surface area (Å²) in [4.78, 5) is 27.1. The molecule has 2 aromatic rings. The molecule has 1 heterocycles. The molecule has 2 aliphatic carbocycles. The number of hydrogen-bond acceptors (Lipinski definition) is 3. The van der Waals surface area contributed by atoms with Gasteiger partial charge in [-0.15, -0.1) is 0 Å². The minimum Gasteiger partial charge on any atom is -0.456 e. The van der Waals surface area contributed by atoms with Crippen molar-refractivity contribution in [1.82, 2.24) is 0 Å². The van der Waals surface area contributed by atoms with E-state index in [9.17, 15) is 9.59 Å². The predicted molar refractivity (Wildman–Crippen MR) is 98.3 cm³/mol. The van der Waals surface area contributed by atoms with Crippen molar-refractivity contribution in [3.63, 3.8) is 0 Å². The van der Waals surface area contributed by atoms with Crippen molar-refractivity contribution in [2.24, 2.45) is 23.7 Å². The Morgan fingerprint density at radius 1 is 0.885 bits per heavy atom. The fraction of sp³-hybridized carbons (Fsp3) is 0.333. The fourth-order valence-corrected chi connectivity index (χ4v) is 5.16. The number of hydrogen-bond donors (Lipinski definition) is 0. The molecule has 1 aliphatic heterocycles. The summed E-state index contributed by atoms with van der Waals surface area (Å²) in [5, 5.41) is 0.532. The molecule has 0 N–H and O–H groups in total. The van der Waals surface area contributed by atoms with Gasteiger partial charge >= 0.3 is 0 Å². The van der Waals surface area contributed by atoms with Gasteiger partial charge in [-0.3, -0.25) is 14.5 Å². The molecule has 0 unspecified atom stereocenters. The second-order valence-electron chi connectivity index (χ2n) is 7.42. The van der Waals surface area contributed by atoms with Crippen LogP contribution in [0.1, 0.15) is 19.3 Å². The summed E-state index contributed by atoms with van der Waals surface area (Å²) in [6.45, 7) is 0. The van der Waals surface area contributed by atoms with Crippen LogP contribution in [0, 0.1) is 23.7 Å². The average Bonchev–Trinajstić information content (AvgIpc) is 3.32. The Morgan fingerprint density at radius 3 is 2.12 bits per heavy atom. The van der Waals surface area contributed by atoms with E-state index in [2.05, 4.69) is 0 Å². The van der Waals surface area contributed by atoms with Crippen LogP contribution in [0.25, 0.3) is 0 Å². The summed E-state index contributed by atoms with van der Waals surface area (Å²) < 4.78 is 5.78. The highest BCUT2D eigenvalue weighted by atomic mass is 35.5. The van der Waals surface area contributed by atoms with E-state index in [1.807, 2.05) is 12.1 Å². The molecular formula is C21H18ClNO3. The summed E-state index contributed by atoms with van der Waals surface area (Å²) in [6.07, 6.45) is 3.22. The highest BCUT2D eigenvalue weighted by Crippen LogP contribution is 2.56. The van der Waals surface area contributed by atoms with Crippen LogP contribution in [-0.4, -0.2) is 11.8 Å². The quantitative estimate of drug-likeness (QED) is 0.741. The van der Waals surface area contributed by atoms with Crippen molar-refractivity contribution in [2.75, 3.05) is 4.90 Å². The Kier molecular flexibility index (Phi) is 3.57. The van der Waals surface area contributed by atoms with E-state index >= 15 is 0 Å². The van der Waals surface area contributed by atoms with E-state index in [0.717, 1.165) is 19.3 Å². The number of halogens is 1. The molecule has 4 atom stereocenters. The molecule has 3 aliphatic rings. The van der Waals surface area contributed by atoms with E-state index < -0.39 is 0 Å². The van der Waals surface area contributed by atoms with E-state index in [-0.39, 0.29) is 23.7 Å². The van der Waals surface area contributed by atoms with Crippen LogP contribution in [0.3, 0.4) is 0 Å². The number of carbonyl (C=O) groups excluding carboxylic acids is 2. The molecule has 0 aromatic heterocycles. The molecule has 2 saturated carbocycles. The van der Waals surface area contributed by atoms with Gasteiger partial charge in [0.1, 0.15) is 11.5 Å². The van der Waals surface area contributed by atoms with Gasteiger partial charge in [-0.2, -0.15) is 0 Å². The van der Waals surface area contributed by atoms with Crippen LogP contribution >= 0.6 is 11.6 Å². The highest BCUT2D eigenvalue weighted by molar-refractivity contribution is 6.32. The lowest BCUT2D eigenvalue weighted by Gasteiger charge is -2.19. The lowest BCUT2D eigenvalue weighted by Crippen LogP contribution is -2.32. The fourth-order valence-electron chi connectivity index (χ4n) is 4.98. The maximum absolute atomic E-state index is 12.9. The third kappa shape index (κ3) is 2.28. The molecule has 5 rings (SSSR count). The lowest BCUT2D eigenvalue weighted by molar-refractivity contribution is -0.123. The Balaban J connectivity index is 1.39. The first-order valence-electron chi connectivity index (χ1n) is 9.04. The lowest BCUT2D eigenvalue weighted by atomic mass is 9.81. The molecule has 3 fully saturated rings. The second-order valence-corrected chi connectivity index (χ2v) is 7.83. The Bertz CT molecular complexity index is 866. The van der Waals surface area contributed by atoms with Crippen molar-refractivity contribution >= 4 is 29.1 Å². The van der Waals surface area contributed by atoms with Gasteiger partial charge in [0.25, 0.3) is 0 Å². The van der Waals surface area contributed by atoms with Gasteiger partial charge in [-0.1, -0.05) is 23.7 Å². The first-order valence-corrected chi connectivity index (χ1v) is 9.41. The first kappa shape index (κ1) is 15.9. The molecule has 26 heavy (non-hydrogen) atoms. The van der Waals surface area contributed by atoms with Gasteiger partial charge in [0.2, 0.25) is 11.8 Å². The van der Waals surface area contributed by atoms with Gasteiger partial charge < -0.3 is 4.74 Å². The minimum atomic E-state index is -0.0969. The van der Waals surface area contributed by atoms with Crippen LogP contribution in [0.5, 0.6) is 11.5 Å². The molecule has 2 aromatic carbocycles. The number of fused-ring (bicyclic) bond motifs is 5. The van der Waals surface area contributed by atoms with Gasteiger partial charge in [-0.25, -0.2) is 0 Å². The zero-order valence-electron chi connectivity index (χ0n) is 14.1. The standard InChI is InChI=1S/C21H18ClNO3/c22-16-3-1-2-4-17(16)26-15-9-7-14(8-10-15)23-20(24)18-12-5-6-13(11-12)19(18)21(23)25/h1-4,7-10,12-13,18-19H,5-6,11H2/t12-,13-,18+,19+/m1/s1. The molecule has 132 valence electrons. The van der Waals surface area contributed by atoms with Gasteiger partial charge in [0.05, 0.1) is 22.5 Å². The third-order valence-electron chi connectivity index (χ3n) is 6.09. The highest BCUT2D eigenvalue weighted by Gasteiger charge is 2.61. The monoisotopic (exact) mass is 367 g/mol. The SMILES string of the molecule is O=C1[C@H]2[C@@H]3CC[C@H](C3)[C@@H]2C(=O)N1c1ccc(Oc2ccccc2Cl)cc1. The molecular weight excluding hydrogens is 350 g/mol. The van der Waals surface area contributed by atoms with Crippen LogP contribution in [0.15, 0.2) is 48.5 Å². The number of amides is 2. The molecule has 4 nitrogen and oxygen atoms in total. The molecule has 0 spiro atoms. The van der Waals surface area contributed by atoms with Crippen molar-refractivity contribution in [3.8, 4) is 11.5 Å². The van der Waals surface area contributed by atoms with E-state index in [1.54, 1.807) is 36.4 Å². The van der Waals surface area contributed by atoms with Crippen LogP contribution in [0.2, 0.25) is 5.02 Å². The summed E-state index contributed by atoms with van der Waals surface area (Å²) in [7, 11) is 0. The molecule has 1 saturated heterocycles. The summed E-state index contributed by atoms with van der Waals surface area (Å²) in [6, 6.07) is 14.3. The van der Waals surface area contributed by atoms with Crippen LogP contribution in [-0.2, 0) is 9.59 Å². The Morgan fingerprint density at radius 2 is 1.50 bits per heavy atom. The van der Waals surface area contributed by atoms with Crippen LogP contribution in [0.4, 0.5) is 5.69 Å². The van der Waals surface area contributed by atoms with E-state index in [0.29, 0.717) is 34.0 Å². The number of imide groups is 1. The number of anilines is 1. The minimum absolute atomic E-state index is 0.0213. The Hall–Kier alpha value is -2.33. The zero-order chi connectivity index (χ0) is 17.8. The first-order chi connectivity index (χ1) is 12.6. The maximum Gasteiger partial charge on any atom is 0.237 e. The number of ether oxygens (including phenoxy) is 1. The number of carbonyl (C=O) groups is 2. The second kappa shape index (κ2) is 5.85. The number of para-hydroxylation sites is 1. The number of nitrogens with zero attached hydrogens (tertiary/aromatic N) is 1. The summed E-state index contributed by atoms with van der Waals surface area (Å²) in [5.74, 6) is 1.74. The largest absolute Gasteiger partial charge is 0.456 e. The normalized spacial score (nSPS) is 29.3. The van der Waals surface area contributed by atoms with Crippen molar-refractivity contribution < 1.29 is 14.3 Å². The molecule has 0 radical (unpaired) electrons. The van der Waals surface area contributed by atoms with E-state index in [4.69, 9.17) is 16.3 Å². The van der Waals surface area contributed by atoms with Crippen molar-refractivity contribution in [1.29, 1.82) is 0 Å². The molecule has 2 bridgehead atoms. The Labute approximate surface area is 156 Å². The number of benzene rings is 2. The number of rotatable bonds is 3. The van der Waals surface area contributed by atoms with Crippen LogP contribution < -0.4 is 9.64 Å². The van der Waals surface area contributed by atoms with Gasteiger partial charge in [-0.05, 0) is 67.5 Å². The smallest absolute Gasteiger partial charge is 0.237 e. The predicted octanol–water partition coefficient (Wildman–Crippen LogP) is 4.67. The molecule has 5 heteroatoms. The van der Waals surface area contributed by atoms with E-state index in [1.165, 1.54) is 4.90 Å². The third-order valence-corrected chi connectivity index (χ3v) is 6.40. The van der Waals surface area contributed by atoms with Crippen molar-refractivity contribution in [2.45, 2.75) is 19.3 Å². The maximum atomic E-state index is 12.9.